The predicted octanol–water partition coefficient (Wildman–Crippen LogP) is 3.02. The molecule has 4 nitrogen and oxygen atoms in total. The van der Waals surface area contributed by atoms with E-state index in [0.717, 1.165) is 41.0 Å². The lowest BCUT2D eigenvalue weighted by atomic mass is 10.2. The fourth-order valence-electron chi connectivity index (χ4n) is 2.55. The lowest BCUT2D eigenvalue weighted by Crippen LogP contribution is -2.22. The number of H-pyrrole nitrogens is 1. The summed E-state index contributed by atoms with van der Waals surface area (Å²) in [5, 5.41) is 1.87. The summed E-state index contributed by atoms with van der Waals surface area (Å²) in [6.45, 7) is 6.47. The zero-order valence-electron chi connectivity index (χ0n) is 11.7. The van der Waals surface area contributed by atoms with Crippen LogP contribution in [0.4, 0.5) is 5.82 Å². The van der Waals surface area contributed by atoms with E-state index in [0.29, 0.717) is 5.92 Å². The number of anilines is 1. The molecule has 1 aliphatic heterocycles. The van der Waals surface area contributed by atoms with Crippen LogP contribution in [0.5, 0.6) is 0 Å². The minimum Gasteiger partial charge on any atom is -0.355 e. The van der Waals surface area contributed by atoms with E-state index in [4.69, 9.17) is 4.98 Å². The van der Waals surface area contributed by atoms with Crippen LogP contribution in [-0.2, 0) is 0 Å². The second kappa shape index (κ2) is 5.04. The summed E-state index contributed by atoms with van der Waals surface area (Å²) >= 11 is 1.96. The molecule has 1 N–H and O–H groups in total. The Hall–Kier alpha value is -1.23. The molecule has 1 saturated heterocycles. The quantitative estimate of drug-likeness (QED) is 0.936. The number of aromatic amines is 1. The molecule has 1 atom stereocenters. The van der Waals surface area contributed by atoms with Gasteiger partial charge in [-0.25, -0.2) is 9.97 Å². The highest BCUT2D eigenvalue weighted by atomic mass is 32.2. The minimum absolute atomic E-state index is 0.352. The van der Waals surface area contributed by atoms with Crippen molar-refractivity contribution >= 4 is 28.6 Å². The van der Waals surface area contributed by atoms with Crippen molar-refractivity contribution in [1.29, 1.82) is 0 Å². The molecule has 0 aliphatic carbocycles. The van der Waals surface area contributed by atoms with Crippen LogP contribution in [0.2, 0.25) is 0 Å². The number of hydrogen-bond donors (Lipinski definition) is 1. The first kappa shape index (κ1) is 12.8. The highest BCUT2D eigenvalue weighted by molar-refractivity contribution is 7.99. The zero-order valence-corrected chi connectivity index (χ0v) is 12.5. The van der Waals surface area contributed by atoms with Gasteiger partial charge in [-0.15, -0.1) is 0 Å². The summed E-state index contributed by atoms with van der Waals surface area (Å²) in [7, 11) is 0. The molecule has 1 unspecified atom stereocenters. The molecule has 102 valence electrons. The molecule has 19 heavy (non-hydrogen) atoms. The maximum Gasteiger partial charge on any atom is 0.143 e. The van der Waals surface area contributed by atoms with Gasteiger partial charge in [-0.2, -0.15) is 11.8 Å². The van der Waals surface area contributed by atoms with E-state index >= 15 is 0 Å². The third-order valence-electron chi connectivity index (χ3n) is 3.71. The van der Waals surface area contributed by atoms with E-state index in [1.165, 1.54) is 6.42 Å². The highest BCUT2D eigenvalue weighted by Crippen LogP contribution is 2.30. The lowest BCUT2D eigenvalue weighted by molar-refractivity contribution is 0.773. The number of aromatic nitrogens is 3. The van der Waals surface area contributed by atoms with Gasteiger partial charge in [-0.05, 0) is 18.7 Å². The maximum atomic E-state index is 4.81. The van der Waals surface area contributed by atoms with Crippen molar-refractivity contribution in [2.45, 2.75) is 31.4 Å². The third-order valence-corrected chi connectivity index (χ3v) is 4.76. The van der Waals surface area contributed by atoms with E-state index in [1.807, 2.05) is 18.0 Å². The fraction of sp³-hybridized carbons (Fsp3) is 0.571. The van der Waals surface area contributed by atoms with E-state index in [1.54, 1.807) is 0 Å². The highest BCUT2D eigenvalue weighted by Gasteiger charge is 2.25. The molecule has 0 bridgehead atoms. The summed E-state index contributed by atoms with van der Waals surface area (Å²) in [5.41, 5.74) is 0.960. The zero-order chi connectivity index (χ0) is 13.4. The number of thioether (sulfide) groups is 1. The van der Waals surface area contributed by atoms with Crippen LogP contribution in [0.25, 0.3) is 11.0 Å². The Bertz CT molecular complexity index is 578. The topological polar surface area (TPSA) is 44.8 Å². The average molecular weight is 276 g/mol. The van der Waals surface area contributed by atoms with Gasteiger partial charge < -0.3 is 9.88 Å². The molecular weight excluding hydrogens is 256 g/mol. The van der Waals surface area contributed by atoms with Gasteiger partial charge in [0.15, 0.2) is 0 Å². The van der Waals surface area contributed by atoms with Crippen molar-refractivity contribution in [1.82, 2.24) is 15.0 Å². The SMILES string of the molecule is CSC1CCN(c2nc(C(C)C)nc3[nH]ccc23)C1. The summed E-state index contributed by atoms with van der Waals surface area (Å²) in [6.07, 6.45) is 5.39. The van der Waals surface area contributed by atoms with Gasteiger partial charge in [-0.1, -0.05) is 13.8 Å². The Labute approximate surface area is 118 Å². The van der Waals surface area contributed by atoms with Crippen molar-refractivity contribution < 1.29 is 0 Å². The summed E-state index contributed by atoms with van der Waals surface area (Å²) < 4.78 is 0. The monoisotopic (exact) mass is 276 g/mol. The van der Waals surface area contributed by atoms with Crippen molar-refractivity contribution in [2.75, 3.05) is 24.2 Å². The van der Waals surface area contributed by atoms with E-state index in [2.05, 4.69) is 41.0 Å². The van der Waals surface area contributed by atoms with Crippen LogP contribution in [0.1, 0.15) is 32.0 Å². The van der Waals surface area contributed by atoms with Crippen LogP contribution >= 0.6 is 11.8 Å². The lowest BCUT2D eigenvalue weighted by Gasteiger charge is -2.19. The normalized spacial score (nSPS) is 19.8. The van der Waals surface area contributed by atoms with E-state index < -0.39 is 0 Å². The van der Waals surface area contributed by atoms with Crippen molar-refractivity contribution in [2.24, 2.45) is 0 Å². The molecule has 3 heterocycles. The molecule has 1 aliphatic rings. The molecule has 0 spiro atoms. The predicted molar refractivity (Wildman–Crippen MR) is 82.1 cm³/mol. The summed E-state index contributed by atoms with van der Waals surface area (Å²) in [4.78, 5) is 15.0. The molecule has 1 fully saturated rings. The maximum absolute atomic E-state index is 4.81. The molecule has 0 radical (unpaired) electrons. The van der Waals surface area contributed by atoms with Gasteiger partial charge in [0, 0.05) is 30.5 Å². The second-order valence-corrected chi connectivity index (χ2v) is 6.53. The molecular formula is C14H20N4S. The first-order valence-corrected chi connectivity index (χ1v) is 8.10. The van der Waals surface area contributed by atoms with Crippen LogP contribution in [0, 0.1) is 0 Å². The van der Waals surface area contributed by atoms with E-state index in [-0.39, 0.29) is 0 Å². The number of rotatable bonds is 3. The largest absolute Gasteiger partial charge is 0.355 e. The second-order valence-electron chi connectivity index (χ2n) is 5.39. The van der Waals surface area contributed by atoms with Crippen LogP contribution in [0.15, 0.2) is 12.3 Å². The molecule has 2 aromatic rings. The van der Waals surface area contributed by atoms with Gasteiger partial charge in [0.25, 0.3) is 0 Å². The fourth-order valence-corrected chi connectivity index (χ4v) is 3.22. The molecule has 2 aromatic heterocycles. The summed E-state index contributed by atoms with van der Waals surface area (Å²) in [6, 6.07) is 2.08. The van der Waals surface area contributed by atoms with Gasteiger partial charge in [0.1, 0.15) is 17.3 Å². The Balaban J connectivity index is 2.04. The average Bonchev–Trinajstić information content (AvgIpc) is 3.06. The van der Waals surface area contributed by atoms with Gasteiger partial charge in [0.2, 0.25) is 0 Å². The molecule has 0 aromatic carbocycles. The standard InChI is InChI=1S/C14H20N4S/c1-9(2)12-16-13-11(4-6-15-13)14(17-12)18-7-5-10(8-18)19-3/h4,6,9-10H,5,7-8H2,1-3H3,(H,15,16,17). The number of nitrogens with one attached hydrogen (secondary N) is 1. The minimum atomic E-state index is 0.352. The van der Waals surface area contributed by atoms with Crippen molar-refractivity contribution in [3.8, 4) is 0 Å². The number of fused-ring (bicyclic) bond motifs is 1. The van der Waals surface area contributed by atoms with Gasteiger partial charge in [-0.3, -0.25) is 0 Å². The Morgan fingerprint density at radius 2 is 2.26 bits per heavy atom. The third kappa shape index (κ3) is 2.31. The van der Waals surface area contributed by atoms with Crippen LogP contribution in [-0.4, -0.2) is 39.5 Å². The Morgan fingerprint density at radius 1 is 1.42 bits per heavy atom. The van der Waals surface area contributed by atoms with E-state index in [9.17, 15) is 0 Å². The molecule has 0 amide bonds. The van der Waals surface area contributed by atoms with Crippen molar-refractivity contribution in [3.63, 3.8) is 0 Å². The summed E-state index contributed by atoms with van der Waals surface area (Å²) in [5.74, 6) is 2.38. The molecule has 0 saturated carbocycles. The molecule has 3 rings (SSSR count). The number of nitrogens with zero attached hydrogens (tertiary/aromatic N) is 3. The molecule has 5 heteroatoms. The Morgan fingerprint density at radius 3 is 2.95 bits per heavy atom. The first-order chi connectivity index (χ1) is 9.19. The van der Waals surface area contributed by atoms with Gasteiger partial charge >= 0.3 is 0 Å². The number of hydrogen-bond acceptors (Lipinski definition) is 4. The first-order valence-electron chi connectivity index (χ1n) is 6.81. The smallest absolute Gasteiger partial charge is 0.143 e. The van der Waals surface area contributed by atoms with Crippen LogP contribution < -0.4 is 4.90 Å². The van der Waals surface area contributed by atoms with Crippen molar-refractivity contribution in [3.05, 3.63) is 18.1 Å². The Kier molecular flexibility index (Phi) is 3.39. The van der Waals surface area contributed by atoms with Crippen LogP contribution in [0.3, 0.4) is 0 Å². The van der Waals surface area contributed by atoms with Gasteiger partial charge in [0.05, 0.1) is 5.39 Å².